The smallest absolute Gasteiger partial charge is 0.256 e. The highest BCUT2D eigenvalue weighted by molar-refractivity contribution is 7.89. The van der Waals surface area contributed by atoms with Crippen LogP contribution in [0.2, 0.25) is 0 Å². The number of hydrogen-bond acceptors (Lipinski definition) is 6. The maximum atomic E-state index is 12.8. The monoisotopic (exact) mass is 433 g/mol. The number of benzene rings is 1. The van der Waals surface area contributed by atoms with Crippen LogP contribution >= 0.6 is 12.4 Å². The second kappa shape index (κ2) is 9.41. The first-order chi connectivity index (χ1) is 12.9. The lowest BCUT2D eigenvalue weighted by Gasteiger charge is -2.34. The van der Waals surface area contributed by atoms with E-state index in [0.29, 0.717) is 44.7 Å². The molecule has 2 N–H and O–H groups in total. The minimum Gasteiger partial charge on any atom is -0.495 e. The summed E-state index contributed by atoms with van der Waals surface area (Å²) < 4.78 is 38.0. The molecule has 2 heterocycles. The average molecular weight is 434 g/mol. The summed E-state index contributed by atoms with van der Waals surface area (Å²) in [6.07, 6.45) is 2.88. The molecule has 28 heavy (non-hydrogen) atoms. The van der Waals surface area contributed by atoms with Crippen LogP contribution in [0, 0.1) is 0 Å². The van der Waals surface area contributed by atoms with E-state index in [0.717, 1.165) is 12.8 Å². The minimum atomic E-state index is -3.60. The number of piperidine rings is 1. The van der Waals surface area contributed by atoms with Gasteiger partial charge in [-0.2, -0.15) is 4.31 Å². The van der Waals surface area contributed by atoms with Crippen LogP contribution < -0.4 is 15.4 Å². The lowest BCUT2D eigenvalue weighted by Crippen LogP contribution is -2.51. The van der Waals surface area contributed by atoms with Gasteiger partial charge >= 0.3 is 0 Å². The Bertz CT molecular complexity index is 790. The lowest BCUT2D eigenvalue weighted by atomic mass is 9.91. The molecule has 1 amide bonds. The molecule has 10 heteroatoms. The number of amides is 1. The first-order valence-electron chi connectivity index (χ1n) is 9.18. The second-order valence-electron chi connectivity index (χ2n) is 6.88. The lowest BCUT2D eigenvalue weighted by molar-refractivity contribution is -0.140. The third-order valence-electron chi connectivity index (χ3n) is 5.32. The topological polar surface area (TPSA) is 97.0 Å². The van der Waals surface area contributed by atoms with Gasteiger partial charge in [-0.25, -0.2) is 8.42 Å². The summed E-state index contributed by atoms with van der Waals surface area (Å²) in [5.74, 6) is -0.0137. The van der Waals surface area contributed by atoms with Gasteiger partial charge in [-0.1, -0.05) is 0 Å². The fourth-order valence-electron chi connectivity index (χ4n) is 3.63. The maximum Gasteiger partial charge on any atom is 0.256 e. The molecule has 0 saturated carbocycles. The van der Waals surface area contributed by atoms with Crippen LogP contribution in [0.25, 0.3) is 0 Å². The molecule has 8 nitrogen and oxygen atoms in total. The Labute approximate surface area is 172 Å². The van der Waals surface area contributed by atoms with Crippen LogP contribution in [0.15, 0.2) is 23.1 Å². The molecule has 0 unspecified atom stereocenters. The fraction of sp³-hybridized carbons (Fsp3) is 0.611. The molecule has 1 aromatic carbocycles. The molecule has 158 valence electrons. The van der Waals surface area contributed by atoms with Crippen molar-refractivity contribution in [2.24, 2.45) is 0 Å². The molecule has 0 atom stereocenters. The Morgan fingerprint density at radius 3 is 2.39 bits per heavy atom. The number of carbonyl (C=O) groups excluding carboxylic acids is 1. The van der Waals surface area contributed by atoms with E-state index in [9.17, 15) is 13.2 Å². The second-order valence-corrected chi connectivity index (χ2v) is 8.79. The van der Waals surface area contributed by atoms with Crippen molar-refractivity contribution in [1.29, 1.82) is 0 Å². The normalized spacial score (nSPS) is 19.6. The molecule has 0 aromatic heterocycles. The van der Waals surface area contributed by atoms with Gasteiger partial charge in [-0.05, 0) is 50.9 Å². The van der Waals surface area contributed by atoms with E-state index in [1.165, 1.54) is 24.6 Å². The van der Waals surface area contributed by atoms with Crippen molar-refractivity contribution < 1.29 is 22.7 Å². The summed E-state index contributed by atoms with van der Waals surface area (Å²) in [6.45, 7) is 2.46. The number of hydrogen-bond donors (Lipinski definition) is 2. The summed E-state index contributed by atoms with van der Waals surface area (Å²) in [6, 6.07) is 4.63. The summed E-state index contributed by atoms with van der Waals surface area (Å²) in [4.78, 5) is 12.9. The van der Waals surface area contributed by atoms with Crippen molar-refractivity contribution in [1.82, 2.24) is 9.62 Å². The molecule has 2 fully saturated rings. The largest absolute Gasteiger partial charge is 0.495 e. The Morgan fingerprint density at radius 1 is 1.18 bits per heavy atom. The number of sulfonamides is 1. The summed E-state index contributed by atoms with van der Waals surface area (Å²) in [5, 5.41) is 6.06. The van der Waals surface area contributed by atoms with Crippen LogP contribution in [0.5, 0.6) is 5.75 Å². The van der Waals surface area contributed by atoms with Crippen LogP contribution in [0.4, 0.5) is 5.69 Å². The zero-order valence-electron chi connectivity index (χ0n) is 16.2. The van der Waals surface area contributed by atoms with Crippen molar-refractivity contribution in [3.63, 3.8) is 0 Å². The van der Waals surface area contributed by atoms with Crippen LogP contribution in [0.3, 0.4) is 0 Å². The number of carbonyl (C=O) groups is 1. The number of ether oxygens (including phenoxy) is 2. The molecule has 2 aliphatic rings. The number of anilines is 1. The Kier molecular flexibility index (Phi) is 7.69. The average Bonchev–Trinajstić information content (AvgIpc) is 3.24. The summed E-state index contributed by atoms with van der Waals surface area (Å²) in [7, 11) is -0.638. The third-order valence-corrected chi connectivity index (χ3v) is 7.26. The van der Waals surface area contributed by atoms with E-state index in [2.05, 4.69) is 10.6 Å². The minimum absolute atomic E-state index is 0. The summed E-state index contributed by atoms with van der Waals surface area (Å²) in [5.41, 5.74) is -0.397. The van der Waals surface area contributed by atoms with Gasteiger partial charge in [-0.15, -0.1) is 12.4 Å². The van der Waals surface area contributed by atoms with Crippen LogP contribution in [0.1, 0.15) is 25.7 Å². The Morgan fingerprint density at radius 2 is 1.82 bits per heavy atom. The number of nitrogens with one attached hydrogen (secondary N) is 2. The first-order valence-corrected chi connectivity index (χ1v) is 10.6. The number of methoxy groups -OCH3 is 2. The zero-order valence-corrected chi connectivity index (χ0v) is 17.8. The molecule has 0 aliphatic carbocycles. The van der Waals surface area contributed by atoms with E-state index in [1.807, 2.05) is 0 Å². The summed E-state index contributed by atoms with van der Waals surface area (Å²) >= 11 is 0. The molecule has 0 bridgehead atoms. The molecular formula is C18H28ClN3O5S. The van der Waals surface area contributed by atoms with Crippen molar-refractivity contribution >= 4 is 34.0 Å². The van der Waals surface area contributed by atoms with Gasteiger partial charge in [0.25, 0.3) is 5.91 Å². The highest BCUT2D eigenvalue weighted by Gasteiger charge is 2.40. The Hall–Kier alpha value is -1.39. The molecule has 1 aromatic rings. The van der Waals surface area contributed by atoms with Gasteiger partial charge in [0.15, 0.2) is 0 Å². The molecule has 2 aliphatic heterocycles. The first kappa shape index (κ1) is 22.9. The van der Waals surface area contributed by atoms with Crippen molar-refractivity contribution in [2.75, 3.05) is 45.7 Å². The van der Waals surface area contributed by atoms with Crippen LogP contribution in [-0.2, 0) is 19.6 Å². The predicted octanol–water partition coefficient (Wildman–Crippen LogP) is 1.61. The quantitative estimate of drug-likeness (QED) is 0.707. The molecule has 3 rings (SSSR count). The predicted molar refractivity (Wildman–Crippen MR) is 109 cm³/mol. The van der Waals surface area contributed by atoms with Gasteiger partial charge in [0.05, 0.1) is 7.11 Å². The third kappa shape index (κ3) is 4.44. The van der Waals surface area contributed by atoms with E-state index in [4.69, 9.17) is 9.47 Å². The number of rotatable bonds is 6. The van der Waals surface area contributed by atoms with Gasteiger partial charge in [-0.3, -0.25) is 4.79 Å². The zero-order chi connectivity index (χ0) is 19.5. The maximum absolute atomic E-state index is 12.8. The fourth-order valence-corrected chi connectivity index (χ4v) is 5.28. The van der Waals surface area contributed by atoms with E-state index >= 15 is 0 Å². The van der Waals surface area contributed by atoms with E-state index in [-0.39, 0.29) is 29.0 Å². The molecule has 0 radical (unpaired) electrons. The standard InChI is InChI=1S/C18H27N3O5S.ClH/c1-25-15-13-14(20-17(22)18(26-2)7-9-19-10-8-18)5-6-16(15)27(23,24)21-11-3-4-12-21;/h5-6,13,19H,3-4,7-12H2,1-2H3,(H,20,22);1H. The van der Waals surface area contributed by atoms with Gasteiger partial charge < -0.3 is 20.1 Å². The van der Waals surface area contributed by atoms with Gasteiger partial charge in [0.1, 0.15) is 16.2 Å². The molecular weight excluding hydrogens is 406 g/mol. The van der Waals surface area contributed by atoms with E-state index < -0.39 is 15.6 Å². The number of nitrogens with zero attached hydrogens (tertiary/aromatic N) is 1. The number of halogens is 1. The SMILES string of the molecule is COc1cc(NC(=O)C2(OC)CCNCC2)ccc1S(=O)(=O)N1CCCC1.Cl. The van der Waals surface area contributed by atoms with Crippen LogP contribution in [-0.4, -0.2) is 64.6 Å². The highest BCUT2D eigenvalue weighted by atomic mass is 35.5. The highest BCUT2D eigenvalue weighted by Crippen LogP contribution is 2.32. The molecule has 2 saturated heterocycles. The van der Waals surface area contributed by atoms with Gasteiger partial charge in [0.2, 0.25) is 10.0 Å². The molecule has 0 spiro atoms. The van der Waals surface area contributed by atoms with Crippen molar-refractivity contribution in [3.8, 4) is 5.75 Å². The van der Waals surface area contributed by atoms with E-state index in [1.54, 1.807) is 12.1 Å². The van der Waals surface area contributed by atoms with Crippen molar-refractivity contribution in [2.45, 2.75) is 36.2 Å². The van der Waals surface area contributed by atoms with Crippen molar-refractivity contribution in [3.05, 3.63) is 18.2 Å². The Balaban J connectivity index is 0.00000280. The van der Waals surface area contributed by atoms with Gasteiger partial charge in [0, 0.05) is 32.0 Å².